The maximum absolute atomic E-state index is 13.8. The number of halogens is 2. The summed E-state index contributed by atoms with van der Waals surface area (Å²) in [7, 11) is -3.89. The Morgan fingerprint density at radius 2 is 1.86 bits per heavy atom. The molecule has 1 amide bonds. The number of para-hydroxylation sites is 2. The van der Waals surface area contributed by atoms with Gasteiger partial charge >= 0.3 is 6.09 Å². The number of benzene rings is 1. The summed E-state index contributed by atoms with van der Waals surface area (Å²) in [6, 6.07) is 7.75. The summed E-state index contributed by atoms with van der Waals surface area (Å²) < 4.78 is 64.1. The van der Waals surface area contributed by atoms with E-state index in [-0.39, 0.29) is 24.2 Å². The fourth-order valence-corrected chi connectivity index (χ4v) is 4.05. The number of hydrogen-bond donors (Lipinski definition) is 0. The second-order valence-corrected chi connectivity index (χ2v) is 11.2. The molecule has 0 unspecified atom stereocenters. The number of imidazole rings is 1. The Balaban J connectivity index is 1.59. The molecule has 0 bridgehead atoms. The van der Waals surface area contributed by atoms with Crippen LogP contribution < -0.4 is 4.74 Å². The second kappa shape index (κ2) is 9.02. The van der Waals surface area contributed by atoms with Gasteiger partial charge in [-0.15, -0.1) is 0 Å². The standard InChI is InChI=1S/C22H25F2N5O5S/c1-22(2,3)34-21(30)28-10-13(11-28)12-33-17-9-16(26-20(27-17)35(4,31)32)29-15-8-6-5-7-14(15)25-19(29)18(23)24/h5-9,13,18H,10-12H2,1-4H3. The van der Waals surface area contributed by atoms with Gasteiger partial charge in [-0.1, -0.05) is 12.1 Å². The van der Waals surface area contributed by atoms with Gasteiger partial charge in [-0.05, 0) is 32.9 Å². The average Bonchev–Trinajstić information content (AvgIpc) is 3.10. The largest absolute Gasteiger partial charge is 0.477 e. The molecule has 3 aromatic rings. The van der Waals surface area contributed by atoms with Crippen molar-refractivity contribution in [3.8, 4) is 11.7 Å². The maximum Gasteiger partial charge on any atom is 0.410 e. The van der Waals surface area contributed by atoms with E-state index in [9.17, 15) is 22.0 Å². The highest BCUT2D eigenvalue weighted by molar-refractivity contribution is 7.90. The first-order valence-corrected chi connectivity index (χ1v) is 12.7. The van der Waals surface area contributed by atoms with Gasteiger partial charge in [-0.25, -0.2) is 27.0 Å². The summed E-state index contributed by atoms with van der Waals surface area (Å²) >= 11 is 0. The Hall–Kier alpha value is -3.35. The number of sulfone groups is 1. The lowest BCUT2D eigenvalue weighted by molar-refractivity contribution is -0.00813. The lowest BCUT2D eigenvalue weighted by atomic mass is 10.0. The van der Waals surface area contributed by atoms with E-state index in [0.717, 1.165) is 10.8 Å². The second-order valence-electron chi connectivity index (χ2n) is 9.28. The molecule has 10 nitrogen and oxygen atoms in total. The molecule has 35 heavy (non-hydrogen) atoms. The molecule has 0 aliphatic carbocycles. The Kier molecular flexibility index (Phi) is 6.38. The molecular weight excluding hydrogens is 484 g/mol. The highest BCUT2D eigenvalue weighted by Gasteiger charge is 2.34. The fraction of sp³-hybridized carbons (Fsp3) is 0.455. The van der Waals surface area contributed by atoms with Crippen molar-refractivity contribution in [2.45, 2.75) is 38.0 Å². The summed E-state index contributed by atoms with van der Waals surface area (Å²) in [5, 5.41) is -0.563. The molecule has 3 heterocycles. The highest BCUT2D eigenvalue weighted by atomic mass is 32.2. The molecule has 2 aromatic heterocycles. The minimum Gasteiger partial charge on any atom is -0.477 e. The van der Waals surface area contributed by atoms with Crippen molar-refractivity contribution in [2.24, 2.45) is 5.92 Å². The van der Waals surface area contributed by atoms with Crippen LogP contribution in [-0.4, -0.2) is 70.5 Å². The van der Waals surface area contributed by atoms with Gasteiger partial charge in [0.15, 0.2) is 5.82 Å². The van der Waals surface area contributed by atoms with Crippen LogP contribution in [-0.2, 0) is 14.6 Å². The molecule has 1 saturated heterocycles. The van der Waals surface area contributed by atoms with E-state index in [2.05, 4.69) is 15.0 Å². The van der Waals surface area contributed by atoms with Crippen LogP contribution in [0.1, 0.15) is 33.0 Å². The molecular formula is C22H25F2N5O5S. The number of aromatic nitrogens is 4. The lowest BCUT2D eigenvalue weighted by Crippen LogP contribution is -2.53. The third-order valence-corrected chi connectivity index (χ3v) is 5.93. The van der Waals surface area contributed by atoms with Gasteiger partial charge in [0, 0.05) is 31.3 Å². The Morgan fingerprint density at radius 3 is 2.49 bits per heavy atom. The zero-order chi connectivity index (χ0) is 25.5. The monoisotopic (exact) mass is 509 g/mol. The van der Waals surface area contributed by atoms with E-state index < -0.39 is 38.9 Å². The first-order valence-electron chi connectivity index (χ1n) is 10.8. The van der Waals surface area contributed by atoms with Gasteiger partial charge in [0.05, 0.1) is 17.6 Å². The number of nitrogens with zero attached hydrogens (tertiary/aromatic N) is 5. The molecule has 1 aliphatic rings. The van der Waals surface area contributed by atoms with E-state index in [1.165, 1.54) is 11.0 Å². The zero-order valence-electron chi connectivity index (χ0n) is 19.6. The summed E-state index contributed by atoms with van der Waals surface area (Å²) in [4.78, 5) is 25.6. The van der Waals surface area contributed by atoms with Crippen molar-refractivity contribution in [1.29, 1.82) is 0 Å². The molecule has 1 aliphatic heterocycles. The van der Waals surface area contributed by atoms with Crippen molar-refractivity contribution in [1.82, 2.24) is 24.4 Å². The summed E-state index contributed by atoms with van der Waals surface area (Å²) in [6.07, 6.45) is -2.44. The molecule has 0 saturated carbocycles. The fourth-order valence-electron chi connectivity index (χ4n) is 3.53. The number of carbonyl (C=O) groups excluding carboxylic acids is 1. The van der Waals surface area contributed by atoms with Crippen molar-refractivity contribution in [3.63, 3.8) is 0 Å². The summed E-state index contributed by atoms with van der Waals surface area (Å²) in [6.45, 7) is 6.26. The van der Waals surface area contributed by atoms with Crippen LogP contribution >= 0.6 is 0 Å². The minimum absolute atomic E-state index is 0.0340. The Bertz CT molecular complexity index is 1360. The van der Waals surface area contributed by atoms with Crippen LogP contribution in [0.2, 0.25) is 0 Å². The molecule has 1 fully saturated rings. The zero-order valence-corrected chi connectivity index (χ0v) is 20.4. The SMILES string of the molecule is CC(C)(C)OC(=O)N1CC(COc2cc(-n3c(C(F)F)nc4ccccc43)nc(S(C)(=O)=O)n2)C1. The number of hydrogen-bond acceptors (Lipinski definition) is 8. The van der Waals surface area contributed by atoms with Crippen LogP contribution in [0.25, 0.3) is 16.9 Å². The van der Waals surface area contributed by atoms with Crippen LogP contribution in [0.3, 0.4) is 0 Å². The molecule has 13 heteroatoms. The summed E-state index contributed by atoms with van der Waals surface area (Å²) in [5.41, 5.74) is 0.0347. The van der Waals surface area contributed by atoms with Crippen molar-refractivity contribution >= 4 is 27.0 Å². The molecule has 0 radical (unpaired) electrons. The van der Waals surface area contributed by atoms with E-state index in [0.29, 0.717) is 24.1 Å². The third-order valence-electron chi connectivity index (χ3n) is 5.09. The van der Waals surface area contributed by atoms with Crippen LogP contribution in [0, 0.1) is 5.92 Å². The number of alkyl halides is 2. The van der Waals surface area contributed by atoms with Crippen LogP contribution in [0.15, 0.2) is 35.5 Å². The van der Waals surface area contributed by atoms with E-state index in [4.69, 9.17) is 9.47 Å². The number of fused-ring (bicyclic) bond motifs is 1. The first-order chi connectivity index (χ1) is 16.3. The topological polar surface area (TPSA) is 117 Å². The third kappa shape index (κ3) is 5.50. The molecule has 0 spiro atoms. The number of likely N-dealkylation sites (tertiary alicyclic amines) is 1. The summed E-state index contributed by atoms with van der Waals surface area (Å²) in [5.74, 6) is -0.817. The lowest BCUT2D eigenvalue weighted by Gasteiger charge is -2.39. The number of amides is 1. The van der Waals surface area contributed by atoms with Gasteiger partial charge < -0.3 is 14.4 Å². The molecule has 188 valence electrons. The van der Waals surface area contributed by atoms with Gasteiger partial charge in [0.1, 0.15) is 11.4 Å². The first kappa shape index (κ1) is 24.8. The molecule has 0 atom stereocenters. The van der Waals surface area contributed by atoms with Crippen molar-refractivity contribution in [3.05, 3.63) is 36.2 Å². The number of carbonyl (C=O) groups is 1. The smallest absolute Gasteiger partial charge is 0.410 e. The highest BCUT2D eigenvalue weighted by Crippen LogP contribution is 2.29. The predicted octanol–water partition coefficient (Wildman–Crippen LogP) is 3.40. The predicted molar refractivity (Wildman–Crippen MR) is 122 cm³/mol. The molecule has 0 N–H and O–H groups in total. The van der Waals surface area contributed by atoms with Gasteiger partial charge in [0.2, 0.25) is 15.7 Å². The Morgan fingerprint density at radius 1 is 1.17 bits per heavy atom. The van der Waals surface area contributed by atoms with Crippen molar-refractivity contribution in [2.75, 3.05) is 26.0 Å². The van der Waals surface area contributed by atoms with E-state index in [1.807, 2.05) is 0 Å². The van der Waals surface area contributed by atoms with Crippen molar-refractivity contribution < 1.29 is 31.5 Å². The molecule has 4 rings (SSSR count). The number of ether oxygens (including phenoxy) is 2. The quantitative estimate of drug-likeness (QED) is 0.464. The van der Waals surface area contributed by atoms with E-state index in [1.54, 1.807) is 45.0 Å². The normalized spacial score (nSPS) is 14.9. The van der Waals surface area contributed by atoms with Crippen LogP contribution in [0.5, 0.6) is 5.88 Å². The van der Waals surface area contributed by atoms with Gasteiger partial charge in [0.25, 0.3) is 11.6 Å². The molecule has 1 aromatic carbocycles. The Labute approximate surface area is 200 Å². The minimum atomic E-state index is -3.89. The average molecular weight is 510 g/mol. The van der Waals surface area contributed by atoms with Gasteiger partial charge in [-0.2, -0.15) is 9.97 Å². The van der Waals surface area contributed by atoms with E-state index >= 15 is 0 Å². The number of rotatable bonds is 6. The van der Waals surface area contributed by atoms with Gasteiger partial charge in [-0.3, -0.25) is 4.57 Å². The maximum atomic E-state index is 13.8. The van der Waals surface area contributed by atoms with Crippen LogP contribution in [0.4, 0.5) is 13.6 Å².